The van der Waals surface area contributed by atoms with E-state index in [1.54, 1.807) is 6.07 Å². The lowest BCUT2D eigenvalue weighted by molar-refractivity contribution is 0.509. The number of nitrogens with two attached hydrogens (primary N) is 1. The van der Waals surface area contributed by atoms with Crippen molar-refractivity contribution in [3.8, 4) is 22.3 Å². The zero-order valence-electron chi connectivity index (χ0n) is 13.0. The van der Waals surface area contributed by atoms with Crippen LogP contribution in [0.25, 0.3) is 22.3 Å². The van der Waals surface area contributed by atoms with Crippen molar-refractivity contribution in [2.45, 2.75) is 4.90 Å². The zero-order valence-corrected chi connectivity index (χ0v) is 15.3. The van der Waals surface area contributed by atoms with E-state index in [2.05, 4.69) is 0 Å². The molecular formula is C18H11Cl2F2NO2S. The molecule has 0 atom stereocenters. The van der Waals surface area contributed by atoms with Gasteiger partial charge in [0, 0.05) is 15.6 Å². The molecule has 3 aromatic rings. The van der Waals surface area contributed by atoms with Crippen LogP contribution in [-0.4, -0.2) is 8.42 Å². The van der Waals surface area contributed by atoms with E-state index in [0.29, 0.717) is 15.6 Å². The number of hydrogen-bond acceptors (Lipinski definition) is 2. The van der Waals surface area contributed by atoms with Crippen molar-refractivity contribution in [1.82, 2.24) is 0 Å². The highest BCUT2D eigenvalue weighted by atomic mass is 35.5. The summed E-state index contributed by atoms with van der Waals surface area (Å²) in [6, 6.07) is 12.2. The van der Waals surface area contributed by atoms with Gasteiger partial charge in [0.05, 0.1) is 4.90 Å². The summed E-state index contributed by atoms with van der Waals surface area (Å²) in [5, 5.41) is 5.85. The van der Waals surface area contributed by atoms with Crippen LogP contribution in [0.5, 0.6) is 0 Å². The number of primary sulfonamides is 1. The predicted molar refractivity (Wildman–Crippen MR) is 98.6 cm³/mol. The number of sulfonamides is 1. The minimum absolute atomic E-state index is 0.139. The molecule has 0 aliphatic rings. The smallest absolute Gasteiger partial charge is 0.225 e. The van der Waals surface area contributed by atoms with E-state index in [9.17, 15) is 17.2 Å². The molecule has 0 aliphatic carbocycles. The molecule has 3 nitrogen and oxygen atoms in total. The summed E-state index contributed by atoms with van der Waals surface area (Å²) in [6.45, 7) is 0. The number of hydrogen-bond donors (Lipinski definition) is 1. The summed E-state index contributed by atoms with van der Waals surface area (Å²) in [5.74, 6) is -2.21. The lowest BCUT2D eigenvalue weighted by Crippen LogP contribution is -2.13. The molecule has 0 saturated carbocycles. The minimum Gasteiger partial charge on any atom is -0.225 e. The molecule has 0 spiro atoms. The topological polar surface area (TPSA) is 60.2 Å². The van der Waals surface area contributed by atoms with Crippen molar-refractivity contribution >= 4 is 33.2 Å². The highest BCUT2D eigenvalue weighted by molar-refractivity contribution is 7.89. The fourth-order valence-electron chi connectivity index (χ4n) is 2.66. The Kier molecular flexibility index (Phi) is 5.03. The normalized spacial score (nSPS) is 11.6. The first-order valence-corrected chi connectivity index (χ1v) is 9.55. The Morgan fingerprint density at radius 3 is 1.88 bits per heavy atom. The van der Waals surface area contributed by atoms with Gasteiger partial charge in [0.15, 0.2) is 11.6 Å². The largest absolute Gasteiger partial charge is 0.238 e. The van der Waals surface area contributed by atoms with Crippen molar-refractivity contribution in [3.63, 3.8) is 0 Å². The molecule has 8 heteroatoms. The molecule has 0 heterocycles. The number of benzene rings is 3. The van der Waals surface area contributed by atoms with Crippen LogP contribution in [0.3, 0.4) is 0 Å². The summed E-state index contributed by atoms with van der Waals surface area (Å²) in [5.41, 5.74) is 0.914. The van der Waals surface area contributed by atoms with Crippen LogP contribution in [0, 0.1) is 11.6 Å². The SMILES string of the molecule is NS(=O)(=O)c1ccccc1-c1cc(F)c(F)cc1-c1cc(Cl)cc(Cl)c1. The van der Waals surface area contributed by atoms with Crippen LogP contribution in [0.1, 0.15) is 0 Å². The summed E-state index contributed by atoms with van der Waals surface area (Å²) in [4.78, 5) is -0.208. The van der Waals surface area contributed by atoms with Gasteiger partial charge in [0.1, 0.15) is 0 Å². The molecule has 0 fully saturated rings. The molecular weight excluding hydrogens is 403 g/mol. The monoisotopic (exact) mass is 413 g/mol. The Bertz CT molecular complexity index is 1100. The van der Waals surface area contributed by atoms with Gasteiger partial charge in [-0.2, -0.15) is 0 Å². The molecule has 3 aromatic carbocycles. The molecule has 0 radical (unpaired) electrons. The Morgan fingerprint density at radius 2 is 1.31 bits per heavy atom. The van der Waals surface area contributed by atoms with E-state index in [1.807, 2.05) is 0 Å². The Morgan fingerprint density at radius 1 is 0.769 bits per heavy atom. The number of rotatable bonds is 3. The predicted octanol–water partition coefficient (Wildman–Crippen LogP) is 5.25. The van der Waals surface area contributed by atoms with Gasteiger partial charge in [-0.3, -0.25) is 0 Å². The highest BCUT2D eigenvalue weighted by Gasteiger charge is 2.20. The maximum atomic E-state index is 13.9. The van der Waals surface area contributed by atoms with E-state index in [0.717, 1.165) is 12.1 Å². The first-order chi connectivity index (χ1) is 12.2. The quantitative estimate of drug-likeness (QED) is 0.636. The Hall–Kier alpha value is -1.99. The van der Waals surface area contributed by atoms with E-state index < -0.39 is 21.7 Å². The summed E-state index contributed by atoms with van der Waals surface area (Å²) in [6.07, 6.45) is 0. The van der Waals surface area contributed by atoms with Gasteiger partial charge >= 0.3 is 0 Å². The van der Waals surface area contributed by atoms with E-state index >= 15 is 0 Å². The molecule has 0 unspecified atom stereocenters. The van der Waals surface area contributed by atoms with Crippen molar-refractivity contribution in [2.24, 2.45) is 5.14 Å². The molecule has 0 bridgehead atoms. The van der Waals surface area contributed by atoms with E-state index in [1.165, 1.54) is 36.4 Å². The Labute approximate surface area is 159 Å². The first kappa shape index (κ1) is 18.8. The lowest BCUT2D eigenvalue weighted by Gasteiger charge is -2.14. The number of halogens is 4. The third-order valence-electron chi connectivity index (χ3n) is 3.72. The van der Waals surface area contributed by atoms with Crippen LogP contribution in [0.2, 0.25) is 10.0 Å². The van der Waals surface area contributed by atoms with Crippen LogP contribution < -0.4 is 5.14 Å². The molecule has 0 aromatic heterocycles. The van der Waals surface area contributed by atoms with Gasteiger partial charge in [-0.15, -0.1) is 0 Å². The second kappa shape index (κ2) is 6.96. The van der Waals surface area contributed by atoms with Gasteiger partial charge in [0.2, 0.25) is 10.0 Å². The van der Waals surface area contributed by atoms with E-state index in [-0.39, 0.29) is 21.6 Å². The molecule has 0 aliphatic heterocycles. The van der Waals surface area contributed by atoms with Crippen LogP contribution in [-0.2, 0) is 10.0 Å². The molecule has 2 N–H and O–H groups in total. The fraction of sp³-hybridized carbons (Fsp3) is 0. The Balaban J connectivity index is 2.39. The van der Waals surface area contributed by atoms with Gasteiger partial charge in [-0.1, -0.05) is 41.4 Å². The van der Waals surface area contributed by atoms with Gasteiger partial charge in [0.25, 0.3) is 0 Å². The second-order valence-corrected chi connectivity index (χ2v) is 7.91. The minimum atomic E-state index is -4.09. The summed E-state index contributed by atoms with van der Waals surface area (Å²) < 4.78 is 51.7. The molecule has 0 amide bonds. The average Bonchev–Trinajstić information content (AvgIpc) is 2.55. The second-order valence-electron chi connectivity index (χ2n) is 5.51. The maximum Gasteiger partial charge on any atom is 0.238 e. The van der Waals surface area contributed by atoms with Crippen molar-refractivity contribution < 1.29 is 17.2 Å². The third kappa shape index (κ3) is 3.73. The van der Waals surface area contributed by atoms with Crippen LogP contribution >= 0.6 is 23.2 Å². The van der Waals surface area contributed by atoms with Crippen LogP contribution in [0.15, 0.2) is 59.5 Å². The van der Waals surface area contributed by atoms with Crippen molar-refractivity contribution in [3.05, 3.63) is 76.3 Å². The average molecular weight is 414 g/mol. The molecule has 0 saturated heterocycles. The standard InChI is InChI=1S/C18H11Cl2F2NO2S/c19-11-5-10(6-12(20)7-11)14-8-16(21)17(22)9-15(14)13-3-1-2-4-18(13)26(23,24)25/h1-9H,(H2,23,24,25). The van der Waals surface area contributed by atoms with Crippen LogP contribution in [0.4, 0.5) is 8.78 Å². The maximum absolute atomic E-state index is 13.9. The molecule has 26 heavy (non-hydrogen) atoms. The third-order valence-corrected chi connectivity index (χ3v) is 5.12. The van der Waals surface area contributed by atoms with Crippen molar-refractivity contribution in [2.75, 3.05) is 0 Å². The fourth-order valence-corrected chi connectivity index (χ4v) is 3.93. The van der Waals surface area contributed by atoms with Crippen molar-refractivity contribution in [1.29, 1.82) is 0 Å². The first-order valence-electron chi connectivity index (χ1n) is 7.24. The highest BCUT2D eigenvalue weighted by Crippen LogP contribution is 2.38. The van der Waals surface area contributed by atoms with Gasteiger partial charge in [-0.25, -0.2) is 22.3 Å². The van der Waals surface area contributed by atoms with Gasteiger partial charge in [-0.05, 0) is 53.1 Å². The summed E-state index contributed by atoms with van der Waals surface area (Å²) in [7, 11) is -4.09. The lowest BCUT2D eigenvalue weighted by atomic mass is 9.94. The summed E-state index contributed by atoms with van der Waals surface area (Å²) >= 11 is 12.0. The van der Waals surface area contributed by atoms with E-state index in [4.69, 9.17) is 28.3 Å². The zero-order chi connectivity index (χ0) is 19.1. The molecule has 134 valence electrons. The van der Waals surface area contributed by atoms with Gasteiger partial charge < -0.3 is 0 Å². The molecule has 3 rings (SSSR count).